The standard InChI is InChI=1S/C12H20N4O2/c1-4-9(2)16(3)6-5-13-11-8-14-10(7-15-11)12(17)18/h7-9H,4-6H2,1-3H3,(H,13,15)(H,17,18). The lowest BCUT2D eigenvalue weighted by Gasteiger charge is -2.23. The molecule has 0 radical (unpaired) electrons. The van der Waals surface area contributed by atoms with E-state index in [2.05, 4.69) is 41.1 Å². The molecule has 6 nitrogen and oxygen atoms in total. The van der Waals surface area contributed by atoms with Crippen LogP contribution >= 0.6 is 0 Å². The fourth-order valence-electron chi connectivity index (χ4n) is 1.42. The van der Waals surface area contributed by atoms with E-state index in [0.717, 1.165) is 19.5 Å². The lowest BCUT2D eigenvalue weighted by Crippen LogP contribution is -2.32. The molecule has 0 spiro atoms. The van der Waals surface area contributed by atoms with Crippen molar-refractivity contribution in [3.63, 3.8) is 0 Å². The number of carboxylic acid groups (broad SMARTS) is 1. The molecular formula is C12H20N4O2. The zero-order valence-corrected chi connectivity index (χ0v) is 11.1. The molecule has 18 heavy (non-hydrogen) atoms. The fraction of sp³-hybridized carbons (Fsp3) is 0.583. The van der Waals surface area contributed by atoms with Gasteiger partial charge in [0.2, 0.25) is 0 Å². The molecule has 0 aliphatic heterocycles. The summed E-state index contributed by atoms with van der Waals surface area (Å²) in [6.07, 6.45) is 3.80. The van der Waals surface area contributed by atoms with Gasteiger partial charge in [0.25, 0.3) is 0 Å². The number of likely N-dealkylation sites (N-methyl/N-ethyl adjacent to an activating group) is 1. The number of nitrogens with one attached hydrogen (secondary N) is 1. The number of rotatable bonds is 7. The lowest BCUT2D eigenvalue weighted by molar-refractivity contribution is 0.0690. The highest BCUT2D eigenvalue weighted by Crippen LogP contribution is 2.02. The first-order chi connectivity index (χ1) is 8.54. The average molecular weight is 252 g/mol. The molecule has 6 heteroatoms. The van der Waals surface area contributed by atoms with Crippen LogP contribution in [0.15, 0.2) is 12.4 Å². The second-order valence-corrected chi connectivity index (χ2v) is 4.26. The van der Waals surface area contributed by atoms with Crippen molar-refractivity contribution in [2.45, 2.75) is 26.3 Å². The van der Waals surface area contributed by atoms with Crippen LogP contribution in [0.4, 0.5) is 5.82 Å². The van der Waals surface area contributed by atoms with Crippen molar-refractivity contribution in [3.8, 4) is 0 Å². The lowest BCUT2D eigenvalue weighted by atomic mass is 10.2. The number of aromatic carboxylic acids is 1. The molecule has 0 amide bonds. The molecule has 1 aromatic heterocycles. The van der Waals surface area contributed by atoms with Gasteiger partial charge < -0.3 is 15.3 Å². The maximum atomic E-state index is 10.6. The Labute approximate surface area is 107 Å². The van der Waals surface area contributed by atoms with E-state index in [1.165, 1.54) is 12.4 Å². The first-order valence-electron chi connectivity index (χ1n) is 6.04. The van der Waals surface area contributed by atoms with Crippen LogP contribution in [-0.2, 0) is 0 Å². The summed E-state index contributed by atoms with van der Waals surface area (Å²) in [7, 11) is 2.08. The zero-order valence-electron chi connectivity index (χ0n) is 11.1. The highest BCUT2D eigenvalue weighted by molar-refractivity contribution is 5.84. The van der Waals surface area contributed by atoms with Crippen molar-refractivity contribution in [2.24, 2.45) is 0 Å². The van der Waals surface area contributed by atoms with Gasteiger partial charge in [-0.3, -0.25) is 0 Å². The number of hydrogen-bond donors (Lipinski definition) is 2. The van der Waals surface area contributed by atoms with Crippen LogP contribution in [0.1, 0.15) is 30.8 Å². The molecule has 1 atom stereocenters. The van der Waals surface area contributed by atoms with Crippen LogP contribution in [0.25, 0.3) is 0 Å². The summed E-state index contributed by atoms with van der Waals surface area (Å²) in [4.78, 5) is 20.6. The molecule has 1 unspecified atom stereocenters. The first-order valence-corrected chi connectivity index (χ1v) is 6.04. The third kappa shape index (κ3) is 4.29. The molecule has 1 rings (SSSR count). The summed E-state index contributed by atoms with van der Waals surface area (Å²) >= 11 is 0. The van der Waals surface area contributed by atoms with Crippen LogP contribution in [0, 0.1) is 0 Å². The van der Waals surface area contributed by atoms with Gasteiger partial charge in [-0.2, -0.15) is 0 Å². The molecule has 1 heterocycles. The molecule has 0 bridgehead atoms. The van der Waals surface area contributed by atoms with Gasteiger partial charge >= 0.3 is 5.97 Å². The third-order valence-electron chi connectivity index (χ3n) is 2.98. The fourth-order valence-corrected chi connectivity index (χ4v) is 1.42. The summed E-state index contributed by atoms with van der Waals surface area (Å²) in [6, 6.07) is 0.548. The summed E-state index contributed by atoms with van der Waals surface area (Å²) < 4.78 is 0. The van der Waals surface area contributed by atoms with E-state index in [0.29, 0.717) is 11.9 Å². The quantitative estimate of drug-likeness (QED) is 0.762. The molecule has 0 saturated heterocycles. The second kappa shape index (κ2) is 6.90. The maximum Gasteiger partial charge on any atom is 0.356 e. The van der Waals surface area contributed by atoms with Crippen molar-refractivity contribution in [1.29, 1.82) is 0 Å². The molecule has 1 aromatic rings. The number of carboxylic acids is 1. The van der Waals surface area contributed by atoms with Crippen molar-refractivity contribution >= 4 is 11.8 Å². The SMILES string of the molecule is CCC(C)N(C)CCNc1cnc(C(=O)O)cn1. The Balaban J connectivity index is 2.38. The van der Waals surface area contributed by atoms with Crippen LogP contribution < -0.4 is 5.32 Å². The van der Waals surface area contributed by atoms with Gasteiger partial charge in [-0.1, -0.05) is 6.92 Å². The van der Waals surface area contributed by atoms with Crippen LogP contribution in [0.5, 0.6) is 0 Å². The molecule has 0 fully saturated rings. The van der Waals surface area contributed by atoms with Gasteiger partial charge in [0.05, 0.1) is 12.4 Å². The van der Waals surface area contributed by atoms with Crippen molar-refractivity contribution in [1.82, 2.24) is 14.9 Å². The van der Waals surface area contributed by atoms with E-state index in [1.54, 1.807) is 0 Å². The van der Waals surface area contributed by atoms with Crippen molar-refractivity contribution < 1.29 is 9.90 Å². The van der Waals surface area contributed by atoms with Crippen molar-refractivity contribution in [2.75, 3.05) is 25.5 Å². The molecule has 0 aliphatic carbocycles. The van der Waals surface area contributed by atoms with Crippen molar-refractivity contribution in [3.05, 3.63) is 18.1 Å². The monoisotopic (exact) mass is 252 g/mol. The van der Waals surface area contributed by atoms with Gasteiger partial charge in [0.15, 0.2) is 5.69 Å². The summed E-state index contributed by atoms with van der Waals surface area (Å²) in [5.41, 5.74) is -0.0442. The zero-order chi connectivity index (χ0) is 13.5. The van der Waals surface area contributed by atoms with Gasteiger partial charge in [0, 0.05) is 19.1 Å². The summed E-state index contributed by atoms with van der Waals surface area (Å²) in [5, 5.41) is 11.8. The summed E-state index contributed by atoms with van der Waals surface area (Å²) in [6.45, 7) is 5.99. The molecule has 100 valence electrons. The summed E-state index contributed by atoms with van der Waals surface area (Å²) in [5.74, 6) is -0.469. The molecule has 0 aromatic carbocycles. The highest BCUT2D eigenvalue weighted by atomic mass is 16.4. The minimum absolute atomic E-state index is 0.0442. The van der Waals surface area contributed by atoms with Gasteiger partial charge in [-0.15, -0.1) is 0 Å². The number of hydrogen-bond acceptors (Lipinski definition) is 5. The number of anilines is 1. The number of nitrogens with zero attached hydrogens (tertiary/aromatic N) is 3. The maximum absolute atomic E-state index is 10.6. The van der Waals surface area contributed by atoms with E-state index in [4.69, 9.17) is 5.11 Å². The molecule has 0 saturated carbocycles. The number of carbonyl (C=O) groups is 1. The van der Waals surface area contributed by atoms with E-state index in [9.17, 15) is 4.79 Å². The average Bonchev–Trinajstić information content (AvgIpc) is 2.38. The Kier molecular flexibility index (Phi) is 5.51. The van der Waals surface area contributed by atoms with E-state index < -0.39 is 5.97 Å². The third-order valence-corrected chi connectivity index (χ3v) is 2.98. The normalized spacial score (nSPS) is 12.4. The van der Waals surface area contributed by atoms with Gasteiger partial charge in [0.1, 0.15) is 5.82 Å². The van der Waals surface area contributed by atoms with E-state index in [-0.39, 0.29) is 5.69 Å². The van der Waals surface area contributed by atoms with Crippen LogP contribution in [0.2, 0.25) is 0 Å². The van der Waals surface area contributed by atoms with Gasteiger partial charge in [-0.25, -0.2) is 14.8 Å². The van der Waals surface area contributed by atoms with E-state index >= 15 is 0 Å². The number of aromatic nitrogens is 2. The Morgan fingerprint density at radius 1 is 1.50 bits per heavy atom. The van der Waals surface area contributed by atoms with E-state index in [1.807, 2.05) is 0 Å². The predicted octanol–water partition coefficient (Wildman–Crippen LogP) is 1.32. The van der Waals surface area contributed by atoms with Crippen LogP contribution in [-0.4, -0.2) is 52.1 Å². The first kappa shape index (κ1) is 14.4. The largest absolute Gasteiger partial charge is 0.476 e. The Morgan fingerprint density at radius 2 is 2.22 bits per heavy atom. The minimum Gasteiger partial charge on any atom is -0.476 e. The predicted molar refractivity (Wildman–Crippen MR) is 69.9 cm³/mol. The Hall–Kier alpha value is -1.69. The molecule has 2 N–H and O–H groups in total. The Bertz CT molecular complexity index is 380. The highest BCUT2D eigenvalue weighted by Gasteiger charge is 2.07. The second-order valence-electron chi connectivity index (χ2n) is 4.26. The molecule has 0 aliphatic rings. The smallest absolute Gasteiger partial charge is 0.356 e. The topological polar surface area (TPSA) is 78.4 Å². The van der Waals surface area contributed by atoms with Crippen LogP contribution in [0.3, 0.4) is 0 Å². The minimum atomic E-state index is -1.06. The molecular weight excluding hydrogens is 232 g/mol. The Morgan fingerprint density at radius 3 is 2.72 bits per heavy atom. The van der Waals surface area contributed by atoms with Gasteiger partial charge in [-0.05, 0) is 20.4 Å².